The first-order valence-electron chi connectivity index (χ1n) is 7.03. The summed E-state index contributed by atoms with van der Waals surface area (Å²) in [5, 5.41) is 12.1. The van der Waals surface area contributed by atoms with E-state index in [1.54, 1.807) is 0 Å². The van der Waals surface area contributed by atoms with E-state index in [0.717, 1.165) is 24.3 Å². The molecule has 1 heterocycles. The van der Waals surface area contributed by atoms with Crippen LogP contribution in [0.1, 0.15) is 24.0 Å². The van der Waals surface area contributed by atoms with Crippen LogP contribution in [0.2, 0.25) is 0 Å². The number of aryl methyl sites for hydroxylation is 1. The Balaban J connectivity index is 2.32. The van der Waals surface area contributed by atoms with Crippen LogP contribution in [0.5, 0.6) is 0 Å². The van der Waals surface area contributed by atoms with Gasteiger partial charge in [0.15, 0.2) is 5.84 Å². The van der Waals surface area contributed by atoms with Gasteiger partial charge in [-0.05, 0) is 51.1 Å². The van der Waals surface area contributed by atoms with Crippen molar-refractivity contribution in [2.45, 2.75) is 25.8 Å². The van der Waals surface area contributed by atoms with Crippen molar-refractivity contribution in [2.24, 2.45) is 10.9 Å². The Morgan fingerprint density at radius 3 is 2.90 bits per heavy atom. The quantitative estimate of drug-likeness (QED) is 0.381. The number of anilines is 1. The number of benzene rings is 1. The fourth-order valence-electron chi connectivity index (χ4n) is 2.86. The summed E-state index contributed by atoms with van der Waals surface area (Å²) < 4.78 is 0. The van der Waals surface area contributed by atoms with Gasteiger partial charge >= 0.3 is 0 Å². The van der Waals surface area contributed by atoms with Gasteiger partial charge in [-0.3, -0.25) is 0 Å². The zero-order chi connectivity index (χ0) is 14.7. The van der Waals surface area contributed by atoms with Gasteiger partial charge in [0, 0.05) is 30.9 Å². The van der Waals surface area contributed by atoms with E-state index in [0.29, 0.717) is 6.04 Å². The van der Waals surface area contributed by atoms with E-state index in [1.165, 1.54) is 18.4 Å². The minimum Gasteiger partial charge on any atom is -0.409 e. The predicted octanol–water partition coefficient (Wildman–Crippen LogP) is 1.62. The van der Waals surface area contributed by atoms with Crippen LogP contribution in [0.4, 0.5) is 5.69 Å². The third-order valence-corrected chi connectivity index (χ3v) is 4.06. The monoisotopic (exact) mass is 276 g/mol. The topological polar surface area (TPSA) is 65.1 Å². The highest BCUT2D eigenvalue weighted by atomic mass is 16.4. The van der Waals surface area contributed by atoms with Gasteiger partial charge < -0.3 is 20.7 Å². The number of nitrogens with two attached hydrogens (primary N) is 1. The predicted molar refractivity (Wildman–Crippen MR) is 82.6 cm³/mol. The first kappa shape index (κ1) is 14.7. The molecule has 1 aromatic carbocycles. The highest BCUT2D eigenvalue weighted by Gasteiger charge is 2.23. The van der Waals surface area contributed by atoms with Crippen molar-refractivity contribution in [1.29, 1.82) is 0 Å². The lowest BCUT2D eigenvalue weighted by Gasteiger charge is -2.38. The van der Waals surface area contributed by atoms with E-state index < -0.39 is 0 Å². The molecule has 1 aliphatic heterocycles. The molecule has 1 aliphatic rings. The molecule has 1 unspecified atom stereocenters. The Morgan fingerprint density at radius 2 is 2.25 bits per heavy atom. The molecule has 20 heavy (non-hydrogen) atoms. The van der Waals surface area contributed by atoms with Gasteiger partial charge in [0.1, 0.15) is 0 Å². The number of hydrogen-bond acceptors (Lipinski definition) is 4. The molecule has 0 radical (unpaired) electrons. The number of hydrogen-bond donors (Lipinski definition) is 2. The van der Waals surface area contributed by atoms with Crippen molar-refractivity contribution < 1.29 is 5.21 Å². The van der Waals surface area contributed by atoms with Crippen LogP contribution in [0.25, 0.3) is 0 Å². The van der Waals surface area contributed by atoms with Gasteiger partial charge in [0.05, 0.1) is 0 Å². The molecule has 1 atom stereocenters. The molecule has 2 rings (SSSR count). The summed E-state index contributed by atoms with van der Waals surface area (Å²) in [6.07, 6.45) is 2.38. The lowest BCUT2D eigenvalue weighted by molar-refractivity contribution is 0.248. The zero-order valence-corrected chi connectivity index (χ0v) is 12.5. The highest BCUT2D eigenvalue weighted by Crippen LogP contribution is 2.26. The number of piperidine rings is 1. The highest BCUT2D eigenvalue weighted by molar-refractivity contribution is 6.02. The molecule has 5 heteroatoms. The van der Waals surface area contributed by atoms with Crippen LogP contribution < -0.4 is 10.6 Å². The SMILES string of the molecule is Cc1ccc(C(N)=NO)c(N(C)C2CCCN(C)C2)c1. The van der Waals surface area contributed by atoms with Crippen LogP contribution in [-0.2, 0) is 0 Å². The molecule has 0 amide bonds. The summed E-state index contributed by atoms with van der Waals surface area (Å²) in [7, 11) is 4.24. The van der Waals surface area contributed by atoms with Crippen LogP contribution in [0.3, 0.4) is 0 Å². The molecule has 5 nitrogen and oxygen atoms in total. The Labute approximate surface area is 120 Å². The Kier molecular flexibility index (Phi) is 4.49. The van der Waals surface area contributed by atoms with Gasteiger partial charge in [0.2, 0.25) is 0 Å². The molecular weight excluding hydrogens is 252 g/mol. The van der Waals surface area contributed by atoms with Crippen LogP contribution in [0, 0.1) is 6.92 Å². The van der Waals surface area contributed by atoms with Gasteiger partial charge in [-0.15, -0.1) is 0 Å². The normalized spacial score (nSPS) is 20.9. The van der Waals surface area contributed by atoms with Crippen molar-refractivity contribution in [3.63, 3.8) is 0 Å². The number of likely N-dealkylation sites (tertiary alicyclic amines) is 1. The molecule has 0 aromatic heterocycles. The number of likely N-dealkylation sites (N-methyl/N-ethyl adjacent to an activating group) is 2. The van der Waals surface area contributed by atoms with Gasteiger partial charge in [0.25, 0.3) is 0 Å². The lowest BCUT2D eigenvalue weighted by atomic mass is 10.0. The van der Waals surface area contributed by atoms with Crippen LogP contribution >= 0.6 is 0 Å². The maximum atomic E-state index is 8.95. The number of oxime groups is 1. The molecule has 1 fully saturated rings. The zero-order valence-electron chi connectivity index (χ0n) is 12.5. The first-order valence-corrected chi connectivity index (χ1v) is 7.03. The van der Waals surface area contributed by atoms with E-state index in [1.807, 2.05) is 12.1 Å². The minimum absolute atomic E-state index is 0.163. The molecular formula is C15H24N4O. The number of rotatable bonds is 3. The fourth-order valence-corrected chi connectivity index (χ4v) is 2.86. The maximum Gasteiger partial charge on any atom is 0.172 e. The Bertz CT molecular complexity index is 501. The van der Waals surface area contributed by atoms with E-state index in [2.05, 4.69) is 42.0 Å². The van der Waals surface area contributed by atoms with Crippen molar-refractivity contribution in [3.05, 3.63) is 29.3 Å². The van der Waals surface area contributed by atoms with Gasteiger partial charge in [-0.1, -0.05) is 11.2 Å². The molecule has 0 spiro atoms. The minimum atomic E-state index is 0.163. The van der Waals surface area contributed by atoms with Crippen molar-refractivity contribution in [2.75, 3.05) is 32.1 Å². The van der Waals surface area contributed by atoms with E-state index in [9.17, 15) is 0 Å². The molecule has 3 N–H and O–H groups in total. The number of nitrogens with zero attached hydrogens (tertiary/aromatic N) is 3. The average Bonchev–Trinajstić information content (AvgIpc) is 2.45. The first-order chi connectivity index (χ1) is 9.52. The second-order valence-corrected chi connectivity index (χ2v) is 5.68. The van der Waals surface area contributed by atoms with Crippen molar-refractivity contribution in [3.8, 4) is 0 Å². The molecule has 1 aromatic rings. The van der Waals surface area contributed by atoms with E-state index in [-0.39, 0.29) is 5.84 Å². The van der Waals surface area contributed by atoms with Gasteiger partial charge in [-0.25, -0.2) is 0 Å². The van der Waals surface area contributed by atoms with E-state index in [4.69, 9.17) is 10.9 Å². The Hall–Kier alpha value is -1.75. The summed E-state index contributed by atoms with van der Waals surface area (Å²) in [5.41, 5.74) is 8.79. The third-order valence-electron chi connectivity index (χ3n) is 4.06. The molecule has 0 aliphatic carbocycles. The largest absolute Gasteiger partial charge is 0.409 e. The summed E-state index contributed by atoms with van der Waals surface area (Å²) in [6, 6.07) is 6.46. The summed E-state index contributed by atoms with van der Waals surface area (Å²) in [6.45, 7) is 4.26. The molecule has 0 saturated carbocycles. The average molecular weight is 276 g/mol. The smallest absolute Gasteiger partial charge is 0.172 e. The van der Waals surface area contributed by atoms with Gasteiger partial charge in [-0.2, -0.15) is 0 Å². The fraction of sp³-hybridized carbons (Fsp3) is 0.533. The van der Waals surface area contributed by atoms with Crippen molar-refractivity contribution in [1.82, 2.24) is 4.90 Å². The van der Waals surface area contributed by atoms with E-state index >= 15 is 0 Å². The van der Waals surface area contributed by atoms with Crippen molar-refractivity contribution >= 4 is 11.5 Å². The molecule has 110 valence electrons. The second-order valence-electron chi connectivity index (χ2n) is 5.68. The standard InChI is InChI=1S/C15H24N4O/c1-11-6-7-13(15(16)17-20)14(9-11)19(3)12-5-4-8-18(2)10-12/h6-7,9,12,20H,4-5,8,10H2,1-3H3,(H2,16,17). The molecule has 0 bridgehead atoms. The summed E-state index contributed by atoms with van der Waals surface area (Å²) in [4.78, 5) is 4.61. The van der Waals surface area contributed by atoms with Crippen LogP contribution in [0.15, 0.2) is 23.4 Å². The Morgan fingerprint density at radius 1 is 1.50 bits per heavy atom. The third kappa shape index (κ3) is 3.04. The second kappa shape index (κ2) is 6.13. The maximum absolute atomic E-state index is 8.95. The summed E-state index contributed by atoms with van der Waals surface area (Å²) in [5.74, 6) is 0.163. The lowest BCUT2D eigenvalue weighted by Crippen LogP contribution is -2.45. The van der Waals surface area contributed by atoms with Crippen LogP contribution in [-0.4, -0.2) is 49.2 Å². The molecule has 1 saturated heterocycles. The number of amidine groups is 1. The summed E-state index contributed by atoms with van der Waals surface area (Å²) >= 11 is 0.